The number of aliphatic hydroxyl groups excluding tert-OH is 1. The zero-order valence-electron chi connectivity index (χ0n) is 18.6. The van der Waals surface area contributed by atoms with E-state index in [1.165, 1.54) is 16.4 Å². The van der Waals surface area contributed by atoms with Gasteiger partial charge >= 0.3 is 5.97 Å². The molecule has 30 heavy (non-hydrogen) atoms. The van der Waals surface area contributed by atoms with E-state index in [9.17, 15) is 9.90 Å². The van der Waals surface area contributed by atoms with Crippen LogP contribution in [0.2, 0.25) is 5.04 Å². The molecule has 0 radical (unpaired) electrons. The normalized spacial score (nSPS) is 15.7. The molecule has 162 valence electrons. The first-order valence-electron chi connectivity index (χ1n) is 10.4. The molecule has 0 spiro atoms. The lowest BCUT2D eigenvalue weighted by atomic mass is 9.94. The van der Waals surface area contributed by atoms with Gasteiger partial charge in [0, 0.05) is 24.5 Å². The minimum Gasteiger partial charge on any atom is -0.478 e. The SMILES string of the molecule is C[C@H](CO[Si](c1ccccc1)(c1ccccc1)C(C)(C)C)[C@@H](O)[C@@H](C)/C=C\C(=O)O. The van der Waals surface area contributed by atoms with Gasteiger partial charge in [-0.25, -0.2) is 4.79 Å². The first kappa shape index (κ1) is 24.1. The number of aliphatic carboxylic acids is 1. The molecule has 0 amide bonds. The highest BCUT2D eigenvalue weighted by molar-refractivity contribution is 6.99. The molecule has 2 aromatic carbocycles. The van der Waals surface area contributed by atoms with Crippen molar-refractivity contribution in [3.8, 4) is 0 Å². The first-order chi connectivity index (χ1) is 14.1. The van der Waals surface area contributed by atoms with Gasteiger partial charge in [-0.15, -0.1) is 0 Å². The number of carboxylic acid groups (broad SMARTS) is 1. The number of carboxylic acids is 1. The largest absolute Gasteiger partial charge is 0.478 e. The van der Waals surface area contributed by atoms with Gasteiger partial charge in [0.2, 0.25) is 0 Å². The Morgan fingerprint density at radius 2 is 1.47 bits per heavy atom. The summed E-state index contributed by atoms with van der Waals surface area (Å²) in [5.74, 6) is -1.44. The average Bonchev–Trinajstić information content (AvgIpc) is 2.72. The summed E-state index contributed by atoms with van der Waals surface area (Å²) in [7, 11) is -2.65. The van der Waals surface area contributed by atoms with E-state index in [1.54, 1.807) is 0 Å². The van der Waals surface area contributed by atoms with E-state index in [1.807, 2.05) is 50.2 Å². The van der Waals surface area contributed by atoms with Crippen LogP contribution in [-0.4, -0.2) is 37.2 Å². The molecular weight excluding hydrogens is 392 g/mol. The predicted octanol–water partition coefficient (Wildman–Crippen LogP) is 3.84. The van der Waals surface area contributed by atoms with E-state index in [0.29, 0.717) is 6.61 Å². The van der Waals surface area contributed by atoms with Crippen LogP contribution in [0.4, 0.5) is 0 Å². The van der Waals surface area contributed by atoms with Crippen LogP contribution in [0, 0.1) is 11.8 Å². The molecule has 0 aromatic heterocycles. The van der Waals surface area contributed by atoms with Crippen molar-refractivity contribution in [3.05, 3.63) is 72.8 Å². The van der Waals surface area contributed by atoms with E-state index in [4.69, 9.17) is 9.53 Å². The maximum atomic E-state index is 10.8. The molecule has 0 saturated heterocycles. The number of aliphatic hydroxyl groups is 1. The van der Waals surface area contributed by atoms with Crippen molar-refractivity contribution in [2.45, 2.75) is 45.8 Å². The van der Waals surface area contributed by atoms with Crippen LogP contribution in [0.3, 0.4) is 0 Å². The topological polar surface area (TPSA) is 66.8 Å². The highest BCUT2D eigenvalue weighted by Gasteiger charge is 2.50. The van der Waals surface area contributed by atoms with Crippen molar-refractivity contribution >= 4 is 24.7 Å². The van der Waals surface area contributed by atoms with Gasteiger partial charge in [0.05, 0.1) is 6.10 Å². The highest BCUT2D eigenvalue weighted by atomic mass is 28.4. The maximum absolute atomic E-state index is 10.8. The minimum absolute atomic E-state index is 0.130. The third-order valence-electron chi connectivity index (χ3n) is 5.64. The van der Waals surface area contributed by atoms with Gasteiger partial charge < -0.3 is 14.6 Å². The lowest BCUT2D eigenvalue weighted by Crippen LogP contribution is -2.67. The van der Waals surface area contributed by atoms with E-state index in [2.05, 4.69) is 45.0 Å². The summed E-state index contributed by atoms with van der Waals surface area (Å²) >= 11 is 0. The van der Waals surface area contributed by atoms with Crippen molar-refractivity contribution < 1.29 is 19.4 Å². The van der Waals surface area contributed by atoms with E-state index in [-0.39, 0.29) is 16.9 Å². The second-order valence-corrected chi connectivity index (χ2v) is 13.3. The Balaban J connectivity index is 2.38. The number of rotatable bonds is 9. The number of hydrogen-bond donors (Lipinski definition) is 2. The lowest BCUT2D eigenvalue weighted by molar-refractivity contribution is -0.131. The van der Waals surface area contributed by atoms with Gasteiger partial charge in [0.1, 0.15) is 0 Å². The second-order valence-electron chi connectivity index (χ2n) is 9.00. The molecule has 0 aliphatic rings. The molecule has 0 aliphatic carbocycles. The maximum Gasteiger partial charge on any atom is 0.327 e. The summed E-state index contributed by atoms with van der Waals surface area (Å²) in [5, 5.41) is 21.8. The van der Waals surface area contributed by atoms with Gasteiger partial charge in [0.25, 0.3) is 8.32 Å². The van der Waals surface area contributed by atoms with Crippen LogP contribution in [0.15, 0.2) is 72.8 Å². The second kappa shape index (κ2) is 10.2. The summed E-state index contributed by atoms with van der Waals surface area (Å²) < 4.78 is 6.86. The summed E-state index contributed by atoms with van der Waals surface area (Å²) in [4.78, 5) is 10.8. The fraction of sp³-hybridized carbons (Fsp3) is 0.400. The molecule has 0 saturated carbocycles. The summed E-state index contributed by atoms with van der Waals surface area (Å²) in [5.41, 5.74) is 0. The van der Waals surface area contributed by atoms with E-state index >= 15 is 0 Å². The fourth-order valence-electron chi connectivity index (χ4n) is 3.98. The van der Waals surface area contributed by atoms with Gasteiger partial charge in [-0.1, -0.05) is 101 Å². The van der Waals surface area contributed by atoms with E-state index in [0.717, 1.165) is 6.08 Å². The molecule has 2 N–H and O–H groups in total. The van der Waals surface area contributed by atoms with Gasteiger partial charge in [-0.2, -0.15) is 0 Å². The van der Waals surface area contributed by atoms with Crippen molar-refractivity contribution in [1.82, 2.24) is 0 Å². The van der Waals surface area contributed by atoms with Crippen LogP contribution in [0.1, 0.15) is 34.6 Å². The molecule has 0 bridgehead atoms. The zero-order chi connectivity index (χ0) is 22.4. The Hall–Kier alpha value is -2.21. The Bertz CT molecular complexity index is 788. The summed E-state index contributed by atoms with van der Waals surface area (Å²) in [6.07, 6.45) is 1.93. The molecular formula is C25H34O4Si. The van der Waals surface area contributed by atoms with Crippen molar-refractivity contribution in [1.29, 1.82) is 0 Å². The molecule has 2 rings (SSSR count). The Morgan fingerprint density at radius 3 is 1.87 bits per heavy atom. The highest BCUT2D eigenvalue weighted by Crippen LogP contribution is 2.37. The molecule has 3 atom stereocenters. The van der Waals surface area contributed by atoms with Crippen LogP contribution in [0.25, 0.3) is 0 Å². The number of benzene rings is 2. The summed E-state index contributed by atoms with van der Waals surface area (Å²) in [6, 6.07) is 20.8. The number of carbonyl (C=O) groups is 1. The summed E-state index contributed by atoms with van der Waals surface area (Å²) in [6.45, 7) is 10.8. The molecule has 2 aromatic rings. The zero-order valence-corrected chi connectivity index (χ0v) is 19.6. The van der Waals surface area contributed by atoms with Crippen LogP contribution >= 0.6 is 0 Å². The van der Waals surface area contributed by atoms with Crippen LogP contribution < -0.4 is 10.4 Å². The standard InChI is InChI=1S/C25H34O4Si/c1-19(16-17-23(26)27)24(28)20(2)18-29-30(25(3,4)5,21-12-8-6-9-13-21)22-14-10-7-11-15-22/h6-17,19-20,24,28H,18H2,1-5H3,(H,26,27)/b17-16-/t19-,20+,24-/m0/s1. The van der Waals surface area contributed by atoms with Gasteiger partial charge in [-0.05, 0) is 15.4 Å². The van der Waals surface area contributed by atoms with Crippen LogP contribution in [-0.2, 0) is 9.22 Å². The molecule has 0 heterocycles. The fourth-order valence-corrected chi connectivity index (χ4v) is 8.65. The first-order valence-corrected chi connectivity index (χ1v) is 12.3. The third-order valence-corrected chi connectivity index (χ3v) is 10.6. The van der Waals surface area contributed by atoms with Crippen molar-refractivity contribution in [3.63, 3.8) is 0 Å². The molecule has 0 fully saturated rings. The average molecular weight is 427 g/mol. The molecule has 5 heteroatoms. The van der Waals surface area contributed by atoms with Gasteiger partial charge in [-0.3, -0.25) is 0 Å². The Labute approximate surface area is 181 Å². The van der Waals surface area contributed by atoms with Crippen molar-refractivity contribution in [2.75, 3.05) is 6.61 Å². The van der Waals surface area contributed by atoms with Crippen molar-refractivity contribution in [2.24, 2.45) is 11.8 Å². The minimum atomic E-state index is -2.65. The molecule has 0 unspecified atom stereocenters. The number of hydrogen-bond acceptors (Lipinski definition) is 3. The smallest absolute Gasteiger partial charge is 0.327 e. The lowest BCUT2D eigenvalue weighted by Gasteiger charge is -2.44. The van der Waals surface area contributed by atoms with Gasteiger partial charge in [0.15, 0.2) is 0 Å². The predicted molar refractivity (Wildman–Crippen MR) is 125 cm³/mol. The third kappa shape index (κ3) is 5.48. The Kier molecular flexibility index (Phi) is 8.18. The van der Waals surface area contributed by atoms with E-state index < -0.39 is 20.4 Å². The monoisotopic (exact) mass is 426 g/mol. The molecule has 4 nitrogen and oxygen atoms in total. The molecule has 0 aliphatic heterocycles. The Morgan fingerprint density at radius 1 is 1.00 bits per heavy atom. The van der Waals surface area contributed by atoms with Crippen LogP contribution in [0.5, 0.6) is 0 Å². The quantitative estimate of drug-likeness (QED) is 0.472.